The van der Waals surface area contributed by atoms with Crippen LogP contribution in [0.5, 0.6) is 0 Å². The fourth-order valence-corrected chi connectivity index (χ4v) is 8.43. The van der Waals surface area contributed by atoms with E-state index >= 15 is 0 Å². The zero-order chi connectivity index (χ0) is 29.2. The Labute approximate surface area is 262 Å². The van der Waals surface area contributed by atoms with Crippen LogP contribution in [0.15, 0.2) is 103 Å². The number of pyridine rings is 2. The van der Waals surface area contributed by atoms with Crippen LogP contribution in [0.25, 0.3) is 98.0 Å². The number of imidazole rings is 2. The van der Waals surface area contributed by atoms with Crippen LogP contribution in [0.4, 0.5) is 0 Å². The number of aromatic nitrogens is 4. The molecule has 11 aromatic rings. The van der Waals surface area contributed by atoms with Crippen LogP contribution in [-0.4, -0.2) is 18.8 Å². The molecule has 0 fully saturated rings. The molecule has 0 radical (unpaired) electrons. The molecule has 0 aliphatic heterocycles. The van der Waals surface area contributed by atoms with E-state index < -0.39 is 0 Å². The van der Waals surface area contributed by atoms with Gasteiger partial charge in [0.15, 0.2) is 0 Å². The SMILES string of the molecule is O=c1c2ccc3c4ccc5c(=O)n6c7cc(Br)ccc7nc6c6ccc(c7ccc(c2c37)c2nc3ccc(Br)cc3n12)c4c56. The Bertz CT molecular complexity index is 3000. The Hall–Kier alpha value is -4.92. The normalized spacial score (nSPS) is 13.0. The predicted octanol–water partition coefficient (Wildman–Crippen LogP) is 8.77. The van der Waals surface area contributed by atoms with E-state index in [1.54, 1.807) is 8.80 Å². The van der Waals surface area contributed by atoms with Crippen LogP contribution in [0, 0.1) is 0 Å². The van der Waals surface area contributed by atoms with E-state index in [9.17, 15) is 9.59 Å². The highest BCUT2D eigenvalue weighted by Crippen LogP contribution is 2.45. The van der Waals surface area contributed by atoms with Gasteiger partial charge >= 0.3 is 0 Å². The summed E-state index contributed by atoms with van der Waals surface area (Å²) in [5.74, 6) is 0. The summed E-state index contributed by atoms with van der Waals surface area (Å²) in [5, 5.41) is 11.3. The van der Waals surface area contributed by atoms with Gasteiger partial charge in [0.25, 0.3) is 11.1 Å². The third-order valence-electron chi connectivity index (χ3n) is 9.48. The molecule has 0 saturated carbocycles. The fourth-order valence-electron chi connectivity index (χ4n) is 7.73. The summed E-state index contributed by atoms with van der Waals surface area (Å²) in [6, 6.07) is 28.1. The first-order valence-corrected chi connectivity index (χ1v) is 15.7. The van der Waals surface area contributed by atoms with Gasteiger partial charge in [-0.15, -0.1) is 0 Å². The molecule has 0 N–H and O–H groups in total. The van der Waals surface area contributed by atoms with E-state index in [0.29, 0.717) is 22.1 Å². The second kappa shape index (κ2) is 7.59. The Morgan fingerprint density at radius 2 is 0.773 bits per heavy atom. The van der Waals surface area contributed by atoms with Crippen LogP contribution in [0.2, 0.25) is 0 Å². The smallest absolute Gasteiger partial charge is 0.264 e. The van der Waals surface area contributed by atoms with Gasteiger partial charge in [-0.25, -0.2) is 9.97 Å². The summed E-state index contributed by atoms with van der Waals surface area (Å²) in [6.07, 6.45) is 0. The lowest BCUT2D eigenvalue weighted by atomic mass is 9.86. The average Bonchev–Trinajstić information content (AvgIpc) is 3.60. The summed E-state index contributed by atoms with van der Waals surface area (Å²) in [6.45, 7) is 0. The monoisotopic (exact) mass is 692 g/mol. The lowest BCUT2D eigenvalue weighted by Crippen LogP contribution is -2.14. The number of hydrogen-bond acceptors (Lipinski definition) is 4. The third kappa shape index (κ3) is 2.57. The van der Waals surface area contributed by atoms with Crippen molar-refractivity contribution in [3.05, 3.63) is 115 Å². The van der Waals surface area contributed by atoms with Crippen molar-refractivity contribution in [1.29, 1.82) is 0 Å². The Morgan fingerprint density at radius 3 is 1.18 bits per heavy atom. The van der Waals surface area contributed by atoms with Gasteiger partial charge in [0.1, 0.15) is 11.3 Å². The number of halogens is 2. The van der Waals surface area contributed by atoms with Gasteiger partial charge in [0, 0.05) is 41.3 Å². The molecule has 0 amide bonds. The minimum Gasteiger partial charge on any atom is -0.268 e. The first-order chi connectivity index (χ1) is 21.5. The molecule has 0 spiro atoms. The minimum atomic E-state index is -0.0796. The maximum Gasteiger partial charge on any atom is 0.264 e. The van der Waals surface area contributed by atoms with E-state index in [4.69, 9.17) is 9.97 Å². The molecule has 11 rings (SSSR count). The molecule has 0 unspecified atom stereocenters. The van der Waals surface area contributed by atoms with Gasteiger partial charge in [-0.2, -0.15) is 0 Å². The number of rotatable bonds is 0. The highest BCUT2D eigenvalue weighted by Gasteiger charge is 2.24. The van der Waals surface area contributed by atoms with Gasteiger partial charge in [-0.3, -0.25) is 18.4 Å². The van der Waals surface area contributed by atoms with Crippen molar-refractivity contribution in [2.24, 2.45) is 0 Å². The molecule has 4 heterocycles. The van der Waals surface area contributed by atoms with Gasteiger partial charge < -0.3 is 0 Å². The quantitative estimate of drug-likeness (QED) is 0.118. The number of hydrogen-bond donors (Lipinski definition) is 0. The largest absolute Gasteiger partial charge is 0.268 e. The Balaban J connectivity index is 1.38. The molecule has 6 nitrogen and oxygen atoms in total. The predicted molar refractivity (Wildman–Crippen MR) is 185 cm³/mol. The molecule has 0 aliphatic rings. The summed E-state index contributed by atoms with van der Waals surface area (Å²) in [4.78, 5) is 38.0. The standard InChI is InChI=1S/C36H14Br2N4O2/c37-15-1-11-25-27(13-15)41-33(39-25)21-7-3-17-18-4-8-22-32-24(36(44)42-28-14-16(38)2-12-26(28)40-34(22)42)10-6-20(30(18)32)19-5-9-23(35(41)43)31(21)29(17)19/h1-14H. The molecule has 7 aromatic carbocycles. The first-order valence-electron chi connectivity index (χ1n) is 14.1. The van der Waals surface area contributed by atoms with Crippen LogP contribution in [0.3, 0.4) is 0 Å². The summed E-state index contributed by atoms with van der Waals surface area (Å²) in [7, 11) is 0. The van der Waals surface area contributed by atoms with Crippen molar-refractivity contribution in [3.8, 4) is 0 Å². The van der Waals surface area contributed by atoms with Crippen molar-refractivity contribution < 1.29 is 0 Å². The Morgan fingerprint density at radius 1 is 0.432 bits per heavy atom. The highest BCUT2D eigenvalue weighted by molar-refractivity contribution is 9.10. The molecular formula is C36H14Br2N4O2. The first kappa shape index (κ1) is 23.5. The molecule has 0 aliphatic carbocycles. The lowest BCUT2D eigenvalue weighted by Gasteiger charge is -2.18. The zero-order valence-corrected chi connectivity index (χ0v) is 25.6. The maximum absolute atomic E-state index is 14.1. The van der Waals surface area contributed by atoms with E-state index in [1.807, 2.05) is 48.5 Å². The molecule has 4 aromatic heterocycles. The second-order valence-corrected chi connectivity index (χ2v) is 13.4. The summed E-state index contributed by atoms with van der Waals surface area (Å²) < 4.78 is 5.26. The molecule has 204 valence electrons. The molecule has 0 saturated heterocycles. The minimum absolute atomic E-state index is 0.0796. The molecule has 0 atom stereocenters. The average molecular weight is 694 g/mol. The number of benzene rings is 7. The van der Waals surface area contributed by atoms with E-state index in [2.05, 4.69) is 68.3 Å². The topological polar surface area (TPSA) is 68.7 Å². The zero-order valence-electron chi connectivity index (χ0n) is 22.4. The van der Waals surface area contributed by atoms with Crippen molar-refractivity contribution in [3.63, 3.8) is 0 Å². The van der Waals surface area contributed by atoms with Crippen molar-refractivity contribution >= 4 is 130 Å². The van der Waals surface area contributed by atoms with Gasteiger partial charge in [-0.1, -0.05) is 56.1 Å². The fraction of sp³-hybridized carbons (Fsp3) is 0. The van der Waals surface area contributed by atoms with E-state index in [-0.39, 0.29) is 11.1 Å². The van der Waals surface area contributed by atoms with Crippen molar-refractivity contribution in [2.45, 2.75) is 0 Å². The van der Waals surface area contributed by atoms with Gasteiger partial charge in [-0.05, 0) is 93.0 Å². The Kier molecular flexibility index (Phi) is 4.06. The molecule has 0 bridgehead atoms. The molecular weight excluding hydrogens is 680 g/mol. The maximum atomic E-state index is 14.1. The highest BCUT2D eigenvalue weighted by atomic mass is 79.9. The number of fused-ring (bicyclic) bond motifs is 10. The van der Waals surface area contributed by atoms with Crippen LogP contribution >= 0.6 is 31.9 Å². The van der Waals surface area contributed by atoms with Gasteiger partial charge in [0.2, 0.25) is 0 Å². The van der Waals surface area contributed by atoms with Gasteiger partial charge in [0.05, 0.1) is 22.1 Å². The van der Waals surface area contributed by atoms with Crippen LogP contribution < -0.4 is 11.1 Å². The van der Waals surface area contributed by atoms with E-state index in [0.717, 1.165) is 84.9 Å². The van der Waals surface area contributed by atoms with Crippen LogP contribution in [-0.2, 0) is 0 Å². The van der Waals surface area contributed by atoms with E-state index in [1.165, 1.54) is 0 Å². The summed E-state index contributed by atoms with van der Waals surface area (Å²) in [5.41, 5.74) is 4.28. The van der Waals surface area contributed by atoms with Crippen LogP contribution in [0.1, 0.15) is 0 Å². The van der Waals surface area contributed by atoms with Crippen molar-refractivity contribution in [1.82, 2.24) is 18.8 Å². The summed E-state index contributed by atoms with van der Waals surface area (Å²) >= 11 is 7.11. The second-order valence-electron chi connectivity index (χ2n) is 11.6. The third-order valence-corrected chi connectivity index (χ3v) is 10.5. The van der Waals surface area contributed by atoms with Crippen molar-refractivity contribution in [2.75, 3.05) is 0 Å². The molecule has 44 heavy (non-hydrogen) atoms. The molecule has 8 heteroatoms. The number of nitrogens with zero attached hydrogens (tertiary/aromatic N) is 4. The lowest BCUT2D eigenvalue weighted by molar-refractivity contribution is 1.19.